The zero-order chi connectivity index (χ0) is 14.4. The van der Waals surface area contributed by atoms with Gasteiger partial charge in [-0.05, 0) is 43.9 Å². The summed E-state index contributed by atoms with van der Waals surface area (Å²) in [5, 5.41) is 4.14. The van der Waals surface area contributed by atoms with E-state index in [9.17, 15) is 0 Å². The van der Waals surface area contributed by atoms with Crippen molar-refractivity contribution in [2.75, 3.05) is 24.5 Å². The summed E-state index contributed by atoms with van der Waals surface area (Å²) in [5.41, 5.74) is 0.969. The summed E-state index contributed by atoms with van der Waals surface area (Å²) in [6, 6.07) is 4.05. The molecule has 2 rings (SSSR count). The lowest BCUT2D eigenvalue weighted by molar-refractivity contribution is 0.403. The van der Waals surface area contributed by atoms with Gasteiger partial charge in [0.15, 0.2) is 0 Å². The molecule has 2 heterocycles. The Labute approximate surface area is 127 Å². The Morgan fingerprint density at radius 3 is 3.00 bits per heavy atom. The van der Waals surface area contributed by atoms with Crippen molar-refractivity contribution < 1.29 is 0 Å². The molecule has 1 fully saturated rings. The molecule has 4 heteroatoms. The maximum absolute atomic E-state index is 6.25. The summed E-state index contributed by atoms with van der Waals surface area (Å²) in [6.07, 6.45) is 5.01. The summed E-state index contributed by atoms with van der Waals surface area (Å²) in [6.45, 7) is 8.45. The number of rotatable bonds is 6. The molecule has 1 unspecified atom stereocenters. The van der Waals surface area contributed by atoms with Crippen LogP contribution in [0.1, 0.15) is 45.2 Å². The van der Waals surface area contributed by atoms with Gasteiger partial charge in [0.05, 0.1) is 10.7 Å². The molecule has 1 N–H and O–H groups in total. The van der Waals surface area contributed by atoms with E-state index in [2.05, 4.69) is 30.1 Å². The summed E-state index contributed by atoms with van der Waals surface area (Å²) in [7, 11) is 0. The van der Waals surface area contributed by atoms with E-state index in [1.807, 2.05) is 6.07 Å². The van der Waals surface area contributed by atoms with Crippen molar-refractivity contribution in [3.63, 3.8) is 0 Å². The average molecular weight is 296 g/mol. The van der Waals surface area contributed by atoms with Gasteiger partial charge in [0.25, 0.3) is 0 Å². The second-order valence-electron chi connectivity index (χ2n) is 5.64. The van der Waals surface area contributed by atoms with Gasteiger partial charge < -0.3 is 10.2 Å². The van der Waals surface area contributed by atoms with Crippen molar-refractivity contribution in [3.05, 3.63) is 22.8 Å². The second-order valence-corrected chi connectivity index (χ2v) is 6.04. The van der Waals surface area contributed by atoms with Crippen LogP contribution in [0.15, 0.2) is 12.1 Å². The van der Waals surface area contributed by atoms with Gasteiger partial charge in [0.1, 0.15) is 5.82 Å². The van der Waals surface area contributed by atoms with Crippen LogP contribution in [0.25, 0.3) is 0 Å². The van der Waals surface area contributed by atoms with Crippen LogP contribution < -0.4 is 10.2 Å². The molecule has 1 aromatic rings. The molecule has 0 spiro atoms. The first-order valence-corrected chi connectivity index (χ1v) is 8.23. The fraction of sp³-hybridized carbons (Fsp3) is 0.688. The SMILES string of the molecule is CCCNCc1nc(N2CCCC(CC)C2)ccc1Cl. The number of piperidine rings is 1. The van der Waals surface area contributed by atoms with E-state index in [1.54, 1.807) is 0 Å². The molecule has 0 saturated carbocycles. The number of halogens is 1. The van der Waals surface area contributed by atoms with Gasteiger partial charge in [-0.15, -0.1) is 0 Å². The van der Waals surface area contributed by atoms with Crippen LogP contribution in [-0.4, -0.2) is 24.6 Å². The molecule has 1 atom stereocenters. The minimum Gasteiger partial charge on any atom is -0.356 e. The first-order valence-electron chi connectivity index (χ1n) is 7.85. The lowest BCUT2D eigenvalue weighted by atomic mass is 9.96. The van der Waals surface area contributed by atoms with E-state index in [0.29, 0.717) is 0 Å². The van der Waals surface area contributed by atoms with Gasteiger partial charge in [0.2, 0.25) is 0 Å². The van der Waals surface area contributed by atoms with Crippen molar-refractivity contribution in [2.45, 2.75) is 46.1 Å². The van der Waals surface area contributed by atoms with Crippen molar-refractivity contribution in [2.24, 2.45) is 5.92 Å². The Hall–Kier alpha value is -0.800. The summed E-state index contributed by atoms with van der Waals surface area (Å²) >= 11 is 6.25. The average Bonchev–Trinajstić information content (AvgIpc) is 2.49. The number of nitrogens with one attached hydrogen (secondary N) is 1. The first kappa shape index (κ1) is 15.6. The smallest absolute Gasteiger partial charge is 0.128 e. The third kappa shape index (κ3) is 4.10. The zero-order valence-corrected chi connectivity index (χ0v) is 13.4. The van der Waals surface area contributed by atoms with Gasteiger partial charge in [0, 0.05) is 19.6 Å². The molecule has 0 bridgehead atoms. The highest BCUT2D eigenvalue weighted by Gasteiger charge is 2.20. The molecule has 112 valence electrons. The predicted octanol–water partition coefficient (Wildman–Crippen LogP) is 3.86. The molecule has 3 nitrogen and oxygen atoms in total. The minimum absolute atomic E-state index is 0.756. The molecule has 1 aromatic heterocycles. The third-order valence-corrected chi connectivity index (χ3v) is 4.39. The Morgan fingerprint density at radius 2 is 2.25 bits per heavy atom. The van der Waals surface area contributed by atoms with Gasteiger partial charge in [-0.2, -0.15) is 0 Å². The van der Waals surface area contributed by atoms with E-state index in [0.717, 1.165) is 55.1 Å². The quantitative estimate of drug-likeness (QED) is 0.808. The fourth-order valence-corrected chi connectivity index (χ4v) is 2.93. The van der Waals surface area contributed by atoms with E-state index in [1.165, 1.54) is 19.3 Å². The lowest BCUT2D eigenvalue weighted by Crippen LogP contribution is -2.35. The van der Waals surface area contributed by atoms with Crippen molar-refractivity contribution in [3.8, 4) is 0 Å². The number of anilines is 1. The van der Waals surface area contributed by atoms with Crippen LogP contribution in [-0.2, 0) is 6.54 Å². The molecular formula is C16H26ClN3. The van der Waals surface area contributed by atoms with Crippen LogP contribution >= 0.6 is 11.6 Å². The molecule has 0 aliphatic carbocycles. The molecule has 0 radical (unpaired) electrons. The molecule has 1 saturated heterocycles. The summed E-state index contributed by atoms with van der Waals surface area (Å²) < 4.78 is 0. The third-order valence-electron chi connectivity index (χ3n) is 4.04. The molecule has 1 aliphatic rings. The molecule has 1 aliphatic heterocycles. The highest BCUT2D eigenvalue weighted by atomic mass is 35.5. The Bertz CT molecular complexity index is 422. The zero-order valence-electron chi connectivity index (χ0n) is 12.7. The van der Waals surface area contributed by atoms with E-state index < -0.39 is 0 Å². The Morgan fingerprint density at radius 1 is 1.40 bits per heavy atom. The number of hydrogen-bond acceptors (Lipinski definition) is 3. The van der Waals surface area contributed by atoms with Crippen molar-refractivity contribution in [1.29, 1.82) is 0 Å². The summed E-state index contributed by atoms with van der Waals surface area (Å²) in [4.78, 5) is 7.18. The number of pyridine rings is 1. The van der Waals surface area contributed by atoms with E-state index in [-0.39, 0.29) is 0 Å². The largest absolute Gasteiger partial charge is 0.356 e. The lowest BCUT2D eigenvalue weighted by Gasteiger charge is -2.33. The molecule has 20 heavy (non-hydrogen) atoms. The first-order chi connectivity index (χ1) is 9.74. The van der Waals surface area contributed by atoms with E-state index >= 15 is 0 Å². The van der Waals surface area contributed by atoms with E-state index in [4.69, 9.17) is 16.6 Å². The minimum atomic E-state index is 0.756. The Kier molecular flexibility index (Phi) is 6.11. The highest BCUT2D eigenvalue weighted by Crippen LogP contribution is 2.25. The molecular weight excluding hydrogens is 270 g/mol. The normalized spacial score (nSPS) is 19.4. The summed E-state index contributed by atoms with van der Waals surface area (Å²) in [5.74, 6) is 1.89. The standard InChI is InChI=1S/C16H26ClN3/c1-3-9-18-11-15-14(17)7-8-16(19-15)20-10-5-6-13(4-2)12-20/h7-8,13,18H,3-6,9-12H2,1-2H3. The number of hydrogen-bond donors (Lipinski definition) is 1. The number of aromatic nitrogens is 1. The monoisotopic (exact) mass is 295 g/mol. The van der Waals surface area contributed by atoms with Crippen molar-refractivity contribution >= 4 is 17.4 Å². The van der Waals surface area contributed by atoms with Crippen LogP contribution in [0, 0.1) is 5.92 Å². The van der Waals surface area contributed by atoms with Crippen LogP contribution in [0.4, 0.5) is 5.82 Å². The van der Waals surface area contributed by atoms with Gasteiger partial charge in [-0.1, -0.05) is 31.9 Å². The van der Waals surface area contributed by atoms with Crippen LogP contribution in [0.5, 0.6) is 0 Å². The Balaban J connectivity index is 2.05. The number of nitrogens with zero attached hydrogens (tertiary/aromatic N) is 2. The molecule has 0 aromatic carbocycles. The fourth-order valence-electron chi connectivity index (χ4n) is 2.76. The van der Waals surface area contributed by atoms with Gasteiger partial charge in [-0.3, -0.25) is 0 Å². The predicted molar refractivity (Wildman–Crippen MR) is 86.5 cm³/mol. The molecule has 0 amide bonds. The topological polar surface area (TPSA) is 28.2 Å². The van der Waals surface area contributed by atoms with Crippen LogP contribution in [0.2, 0.25) is 5.02 Å². The maximum Gasteiger partial charge on any atom is 0.128 e. The van der Waals surface area contributed by atoms with Gasteiger partial charge in [-0.25, -0.2) is 4.98 Å². The van der Waals surface area contributed by atoms with Crippen molar-refractivity contribution in [1.82, 2.24) is 10.3 Å². The maximum atomic E-state index is 6.25. The second kappa shape index (κ2) is 7.84. The van der Waals surface area contributed by atoms with Gasteiger partial charge >= 0.3 is 0 Å². The highest BCUT2D eigenvalue weighted by molar-refractivity contribution is 6.31. The van der Waals surface area contributed by atoms with Crippen LogP contribution in [0.3, 0.4) is 0 Å².